The summed E-state index contributed by atoms with van der Waals surface area (Å²) in [6.07, 6.45) is 1.47. The van der Waals surface area contributed by atoms with Gasteiger partial charge in [-0.25, -0.2) is 14.1 Å². The number of anilines is 1. The topological polar surface area (TPSA) is 73.5 Å². The van der Waals surface area contributed by atoms with Crippen LogP contribution in [0.2, 0.25) is 0 Å². The van der Waals surface area contributed by atoms with Gasteiger partial charge in [0.05, 0.1) is 7.11 Å². The van der Waals surface area contributed by atoms with Gasteiger partial charge >= 0.3 is 6.03 Å². The van der Waals surface area contributed by atoms with Crippen molar-refractivity contribution in [3.8, 4) is 5.75 Å². The van der Waals surface area contributed by atoms with Crippen LogP contribution < -0.4 is 15.4 Å². The molecule has 118 valence electrons. The van der Waals surface area contributed by atoms with Crippen molar-refractivity contribution in [3.05, 3.63) is 36.3 Å². The van der Waals surface area contributed by atoms with Crippen molar-refractivity contribution in [3.63, 3.8) is 0 Å². The van der Waals surface area contributed by atoms with E-state index in [1.54, 1.807) is 37.2 Å². The van der Waals surface area contributed by atoms with Crippen molar-refractivity contribution >= 4 is 19.2 Å². The maximum Gasteiger partial charge on any atom is 0.323 e. The number of nitrogens with one attached hydrogen (secondary N) is 2. The molecule has 2 aliphatic rings. The normalized spacial score (nSPS) is 18.2. The van der Waals surface area contributed by atoms with E-state index in [0.717, 1.165) is 26.2 Å². The number of hydrogen-bond acceptors (Lipinski definition) is 3. The number of methoxy groups -OCH3 is 1. The standard InChI is InChI=1S/C14H19N4O3P/c1-21-13-4-2-3-12(11-13)16-14(19)15-5-10-22(20,17-6-7-17)18-8-9-18/h2-5,10-11H,6-9H2,1H3,(H2,15,16,19)/b10-5+. The Bertz CT molecular complexity index is 625. The van der Waals surface area contributed by atoms with Gasteiger partial charge in [-0.3, -0.25) is 4.57 Å². The van der Waals surface area contributed by atoms with Crippen LogP contribution in [0, 0.1) is 0 Å². The van der Waals surface area contributed by atoms with Crippen LogP contribution in [0.5, 0.6) is 5.75 Å². The van der Waals surface area contributed by atoms with Crippen molar-refractivity contribution < 1.29 is 14.1 Å². The van der Waals surface area contributed by atoms with E-state index in [1.165, 1.54) is 6.20 Å². The molecule has 2 amide bonds. The largest absolute Gasteiger partial charge is 0.497 e. The van der Waals surface area contributed by atoms with E-state index in [2.05, 4.69) is 10.6 Å². The van der Waals surface area contributed by atoms with Gasteiger partial charge in [0, 0.05) is 49.9 Å². The molecule has 0 bridgehead atoms. The van der Waals surface area contributed by atoms with Gasteiger partial charge < -0.3 is 15.4 Å². The van der Waals surface area contributed by atoms with Gasteiger partial charge in [-0.05, 0) is 12.1 Å². The second-order valence-corrected chi connectivity index (χ2v) is 7.75. The summed E-state index contributed by atoms with van der Waals surface area (Å²) in [5, 5.41) is 5.29. The first-order valence-electron chi connectivity index (χ1n) is 7.12. The quantitative estimate of drug-likeness (QED) is 0.620. The monoisotopic (exact) mass is 322 g/mol. The molecule has 0 saturated carbocycles. The number of amides is 2. The Labute approximate surface area is 129 Å². The average Bonchev–Trinajstić information content (AvgIpc) is 3.40. The second kappa shape index (κ2) is 6.12. The van der Waals surface area contributed by atoms with Gasteiger partial charge in [-0.2, -0.15) is 0 Å². The molecule has 0 spiro atoms. The maximum absolute atomic E-state index is 12.7. The van der Waals surface area contributed by atoms with Crippen molar-refractivity contribution in [1.82, 2.24) is 14.7 Å². The number of nitrogens with zero attached hydrogens (tertiary/aromatic N) is 2. The SMILES string of the molecule is COc1cccc(NC(=O)N/C=C/P(=O)(N2CC2)N2CC2)c1. The van der Waals surface area contributed by atoms with Gasteiger partial charge in [0.2, 0.25) is 7.44 Å². The minimum atomic E-state index is -2.57. The Morgan fingerprint density at radius 1 is 1.27 bits per heavy atom. The predicted molar refractivity (Wildman–Crippen MR) is 85.0 cm³/mol. The summed E-state index contributed by atoms with van der Waals surface area (Å²) in [7, 11) is -0.999. The summed E-state index contributed by atoms with van der Waals surface area (Å²) in [5.74, 6) is 2.28. The van der Waals surface area contributed by atoms with E-state index < -0.39 is 7.44 Å². The molecule has 0 atom stereocenters. The van der Waals surface area contributed by atoms with Crippen molar-refractivity contribution in [2.45, 2.75) is 0 Å². The van der Waals surface area contributed by atoms with Gasteiger partial charge in [-0.15, -0.1) is 0 Å². The maximum atomic E-state index is 12.7. The van der Waals surface area contributed by atoms with E-state index in [0.29, 0.717) is 11.4 Å². The lowest BCUT2D eigenvalue weighted by Crippen LogP contribution is -2.23. The Morgan fingerprint density at radius 2 is 1.95 bits per heavy atom. The molecule has 0 radical (unpaired) electrons. The smallest absolute Gasteiger partial charge is 0.323 e. The highest BCUT2D eigenvalue weighted by Crippen LogP contribution is 2.61. The van der Waals surface area contributed by atoms with Gasteiger partial charge in [0.25, 0.3) is 0 Å². The fourth-order valence-corrected chi connectivity index (χ4v) is 4.44. The van der Waals surface area contributed by atoms with E-state index in [1.807, 2.05) is 9.34 Å². The molecule has 2 heterocycles. The molecule has 0 unspecified atom stereocenters. The summed E-state index contributed by atoms with van der Waals surface area (Å²) in [5.41, 5.74) is 0.630. The Balaban J connectivity index is 1.55. The van der Waals surface area contributed by atoms with Crippen LogP contribution >= 0.6 is 7.44 Å². The summed E-state index contributed by atoms with van der Waals surface area (Å²) < 4.78 is 21.7. The average molecular weight is 322 g/mol. The first kappa shape index (κ1) is 15.1. The van der Waals surface area contributed by atoms with Crippen LogP contribution in [0.4, 0.5) is 10.5 Å². The third-order valence-corrected chi connectivity index (χ3v) is 6.43. The van der Waals surface area contributed by atoms with Gasteiger partial charge in [-0.1, -0.05) is 6.07 Å². The highest BCUT2D eigenvalue weighted by atomic mass is 31.2. The van der Waals surface area contributed by atoms with Crippen molar-refractivity contribution in [1.29, 1.82) is 0 Å². The van der Waals surface area contributed by atoms with E-state index in [4.69, 9.17) is 4.74 Å². The molecular formula is C14H19N4O3P. The first-order valence-corrected chi connectivity index (χ1v) is 8.80. The molecular weight excluding hydrogens is 303 g/mol. The minimum Gasteiger partial charge on any atom is -0.497 e. The Hall–Kier alpha value is -1.82. The lowest BCUT2D eigenvalue weighted by molar-refractivity contribution is 0.255. The number of carbonyl (C=O) groups excluding carboxylic acids is 1. The van der Waals surface area contributed by atoms with Crippen LogP contribution in [-0.4, -0.2) is 48.7 Å². The molecule has 0 aromatic heterocycles. The molecule has 2 N–H and O–H groups in total. The third kappa shape index (κ3) is 3.50. The third-order valence-electron chi connectivity index (χ3n) is 3.47. The zero-order chi connectivity index (χ0) is 15.6. The molecule has 7 nitrogen and oxygen atoms in total. The summed E-state index contributed by atoms with van der Waals surface area (Å²) in [4.78, 5) is 11.8. The highest BCUT2D eigenvalue weighted by Gasteiger charge is 2.45. The molecule has 0 aliphatic carbocycles. The Morgan fingerprint density at radius 3 is 2.55 bits per heavy atom. The van der Waals surface area contributed by atoms with Crippen molar-refractivity contribution in [2.24, 2.45) is 0 Å². The van der Waals surface area contributed by atoms with Crippen LogP contribution in [0.15, 0.2) is 36.3 Å². The summed E-state index contributed by atoms with van der Waals surface area (Å²) >= 11 is 0. The van der Waals surface area contributed by atoms with E-state index >= 15 is 0 Å². The molecule has 2 saturated heterocycles. The lowest BCUT2D eigenvalue weighted by atomic mass is 10.3. The van der Waals surface area contributed by atoms with Crippen LogP contribution in [0.25, 0.3) is 0 Å². The second-order valence-electron chi connectivity index (χ2n) is 5.14. The van der Waals surface area contributed by atoms with E-state index in [9.17, 15) is 9.36 Å². The summed E-state index contributed by atoms with van der Waals surface area (Å²) in [6, 6.07) is 6.70. The fraction of sp³-hybridized carbons (Fsp3) is 0.357. The number of carbonyl (C=O) groups is 1. The Kier molecular flexibility index (Phi) is 4.20. The molecule has 1 aromatic carbocycles. The van der Waals surface area contributed by atoms with Gasteiger partial charge in [0.15, 0.2) is 0 Å². The zero-order valence-corrected chi connectivity index (χ0v) is 13.3. The number of rotatable bonds is 6. The van der Waals surface area contributed by atoms with Crippen molar-refractivity contribution in [2.75, 3.05) is 38.6 Å². The van der Waals surface area contributed by atoms with Gasteiger partial charge in [0.1, 0.15) is 5.75 Å². The molecule has 2 fully saturated rings. The molecule has 8 heteroatoms. The summed E-state index contributed by atoms with van der Waals surface area (Å²) in [6.45, 7) is 3.42. The predicted octanol–water partition coefficient (Wildman–Crippen LogP) is 2.11. The number of urea groups is 1. The molecule has 22 heavy (non-hydrogen) atoms. The molecule has 3 rings (SSSR count). The van der Waals surface area contributed by atoms with Crippen LogP contribution in [0.1, 0.15) is 0 Å². The number of hydrogen-bond donors (Lipinski definition) is 2. The molecule has 1 aromatic rings. The highest BCUT2D eigenvalue weighted by molar-refractivity contribution is 7.62. The van der Waals surface area contributed by atoms with Crippen LogP contribution in [0.3, 0.4) is 0 Å². The van der Waals surface area contributed by atoms with E-state index in [-0.39, 0.29) is 6.03 Å². The number of ether oxygens (including phenoxy) is 1. The molecule has 2 aliphatic heterocycles. The zero-order valence-electron chi connectivity index (χ0n) is 12.4. The minimum absolute atomic E-state index is 0.382. The van der Waals surface area contributed by atoms with Crippen LogP contribution in [-0.2, 0) is 4.57 Å². The first-order chi connectivity index (χ1) is 10.6. The lowest BCUT2D eigenvalue weighted by Gasteiger charge is -2.15. The fourth-order valence-electron chi connectivity index (χ4n) is 2.11. The number of benzene rings is 1.